The molecule has 3 N–H and O–H groups in total. The maximum absolute atomic E-state index is 12.9. The van der Waals surface area contributed by atoms with Gasteiger partial charge in [0, 0.05) is 5.69 Å². The molecule has 3 aromatic rings. The Hall–Kier alpha value is -3.07. The minimum atomic E-state index is -0.860. The Labute approximate surface area is 151 Å². The quantitative estimate of drug-likeness (QED) is 0.730. The van der Waals surface area contributed by atoms with Gasteiger partial charge in [0.15, 0.2) is 0 Å². The first-order valence-electron chi connectivity index (χ1n) is 7.66. The highest BCUT2D eigenvalue weighted by Gasteiger charge is 2.22. The number of nitrogens with two attached hydrogens (primary N) is 1. The minimum absolute atomic E-state index is 0.269. The number of amides is 2. The van der Waals surface area contributed by atoms with Gasteiger partial charge in [-0.3, -0.25) is 19.0 Å². The molecule has 2 amide bonds. The summed E-state index contributed by atoms with van der Waals surface area (Å²) in [6, 6.07) is 4.43. The fourth-order valence-electron chi connectivity index (χ4n) is 2.55. The highest BCUT2D eigenvalue weighted by molar-refractivity contribution is 7.20. The smallest absolute Gasteiger partial charge is 0.263 e. The van der Waals surface area contributed by atoms with E-state index >= 15 is 0 Å². The van der Waals surface area contributed by atoms with Gasteiger partial charge in [0.25, 0.3) is 11.5 Å². The Kier molecular flexibility index (Phi) is 4.56. The molecular weight excluding hydrogens is 359 g/mol. The number of nitrogens with one attached hydrogen (secondary N) is 1. The standard InChI is InChI=1S/C17H15FN4O3S/c1-8-12-16(26-13(8)14(19)23)20-7-22(17(12)25)9(2)15(24)21-11-5-3-10(18)4-6-11/h3-7,9H,1-2H3,(H2,19,23)(H,21,24)/t9-/m1/s1. The van der Waals surface area contributed by atoms with Crippen molar-refractivity contribution in [1.29, 1.82) is 0 Å². The average Bonchev–Trinajstić information content (AvgIpc) is 2.94. The third-order valence-electron chi connectivity index (χ3n) is 4.01. The second kappa shape index (κ2) is 6.68. The van der Waals surface area contributed by atoms with Crippen molar-refractivity contribution in [3.63, 3.8) is 0 Å². The van der Waals surface area contributed by atoms with E-state index in [1.807, 2.05) is 0 Å². The molecule has 134 valence electrons. The van der Waals surface area contributed by atoms with Gasteiger partial charge in [-0.25, -0.2) is 9.37 Å². The third kappa shape index (κ3) is 3.08. The fraction of sp³-hybridized carbons (Fsp3) is 0.176. The number of anilines is 1. The number of fused-ring (bicyclic) bond motifs is 1. The van der Waals surface area contributed by atoms with E-state index < -0.39 is 29.2 Å². The Balaban J connectivity index is 1.96. The zero-order valence-corrected chi connectivity index (χ0v) is 14.8. The maximum Gasteiger partial charge on any atom is 0.263 e. The summed E-state index contributed by atoms with van der Waals surface area (Å²) in [5.41, 5.74) is 5.75. The summed E-state index contributed by atoms with van der Waals surface area (Å²) in [5, 5.41) is 2.89. The number of rotatable bonds is 4. The molecular formula is C17H15FN4O3S. The van der Waals surface area contributed by atoms with Crippen LogP contribution < -0.4 is 16.6 Å². The molecule has 0 radical (unpaired) electrons. The van der Waals surface area contributed by atoms with Gasteiger partial charge >= 0.3 is 0 Å². The van der Waals surface area contributed by atoms with Gasteiger partial charge in [-0.05, 0) is 43.7 Å². The maximum atomic E-state index is 12.9. The summed E-state index contributed by atoms with van der Waals surface area (Å²) in [7, 11) is 0. The Morgan fingerprint density at radius 1 is 1.31 bits per heavy atom. The van der Waals surface area contributed by atoms with Crippen molar-refractivity contribution in [3.8, 4) is 0 Å². The lowest BCUT2D eigenvalue weighted by atomic mass is 10.2. The molecule has 0 saturated heterocycles. The highest BCUT2D eigenvalue weighted by Crippen LogP contribution is 2.26. The Bertz CT molecular complexity index is 1070. The van der Waals surface area contributed by atoms with E-state index in [1.165, 1.54) is 35.2 Å². The van der Waals surface area contributed by atoms with Gasteiger partial charge in [-0.1, -0.05) is 0 Å². The minimum Gasteiger partial charge on any atom is -0.365 e. The van der Waals surface area contributed by atoms with E-state index in [0.717, 1.165) is 11.3 Å². The lowest BCUT2D eigenvalue weighted by Gasteiger charge is -2.15. The topological polar surface area (TPSA) is 107 Å². The highest BCUT2D eigenvalue weighted by atomic mass is 32.1. The number of nitrogens with zero attached hydrogens (tertiary/aromatic N) is 2. The summed E-state index contributed by atoms with van der Waals surface area (Å²) < 4.78 is 14.1. The van der Waals surface area contributed by atoms with Crippen molar-refractivity contribution in [2.24, 2.45) is 5.73 Å². The monoisotopic (exact) mass is 374 g/mol. The van der Waals surface area contributed by atoms with Crippen LogP contribution in [0.2, 0.25) is 0 Å². The van der Waals surface area contributed by atoms with Gasteiger partial charge in [0.05, 0.1) is 16.6 Å². The summed E-state index contributed by atoms with van der Waals surface area (Å²) in [6.45, 7) is 3.17. The first-order chi connectivity index (χ1) is 12.3. The van der Waals surface area contributed by atoms with Crippen LogP contribution in [0.25, 0.3) is 10.2 Å². The van der Waals surface area contributed by atoms with Crippen LogP contribution in [0.3, 0.4) is 0 Å². The van der Waals surface area contributed by atoms with E-state index in [4.69, 9.17) is 5.73 Å². The van der Waals surface area contributed by atoms with E-state index in [1.54, 1.807) is 13.8 Å². The van der Waals surface area contributed by atoms with Crippen molar-refractivity contribution in [1.82, 2.24) is 9.55 Å². The number of aryl methyl sites for hydroxylation is 1. The molecule has 3 rings (SSSR count). The molecule has 0 spiro atoms. The number of benzene rings is 1. The normalized spacial score (nSPS) is 12.1. The fourth-order valence-corrected chi connectivity index (χ4v) is 3.55. The van der Waals surface area contributed by atoms with Crippen molar-refractivity contribution >= 4 is 39.1 Å². The SMILES string of the molecule is Cc1c(C(N)=O)sc2ncn([C@H](C)C(=O)Nc3ccc(F)cc3)c(=O)c12. The second-order valence-corrected chi connectivity index (χ2v) is 6.73. The second-order valence-electron chi connectivity index (χ2n) is 5.73. The summed E-state index contributed by atoms with van der Waals surface area (Å²) in [5.74, 6) is -1.50. The molecule has 26 heavy (non-hydrogen) atoms. The molecule has 0 aliphatic rings. The molecule has 2 heterocycles. The summed E-state index contributed by atoms with van der Waals surface area (Å²) in [6.07, 6.45) is 1.26. The lowest BCUT2D eigenvalue weighted by molar-refractivity contribution is -0.118. The number of primary amides is 1. The van der Waals surface area contributed by atoms with Crippen LogP contribution in [-0.4, -0.2) is 21.4 Å². The van der Waals surface area contributed by atoms with E-state index in [9.17, 15) is 18.8 Å². The van der Waals surface area contributed by atoms with E-state index in [2.05, 4.69) is 10.3 Å². The van der Waals surface area contributed by atoms with Crippen molar-refractivity contribution in [3.05, 3.63) is 57.2 Å². The number of hydrogen-bond donors (Lipinski definition) is 2. The van der Waals surface area contributed by atoms with Gasteiger partial charge in [0.2, 0.25) is 5.91 Å². The number of carbonyl (C=O) groups excluding carboxylic acids is 2. The molecule has 0 saturated carbocycles. The molecule has 2 aromatic heterocycles. The first kappa shape index (κ1) is 17.7. The number of hydrogen-bond acceptors (Lipinski definition) is 5. The first-order valence-corrected chi connectivity index (χ1v) is 8.47. The van der Waals surface area contributed by atoms with Crippen LogP contribution in [0.5, 0.6) is 0 Å². The molecule has 1 atom stereocenters. The molecule has 7 nitrogen and oxygen atoms in total. The van der Waals surface area contributed by atoms with Crippen molar-refractivity contribution in [2.45, 2.75) is 19.9 Å². The predicted molar refractivity (Wildman–Crippen MR) is 96.9 cm³/mol. The van der Waals surface area contributed by atoms with Crippen LogP contribution in [0.1, 0.15) is 28.2 Å². The third-order valence-corrected chi connectivity index (χ3v) is 5.22. The van der Waals surface area contributed by atoms with Gasteiger partial charge in [-0.2, -0.15) is 0 Å². The molecule has 1 aromatic carbocycles. The molecule has 0 unspecified atom stereocenters. The molecule has 0 aliphatic carbocycles. The molecule has 9 heteroatoms. The van der Waals surface area contributed by atoms with Crippen molar-refractivity contribution in [2.75, 3.05) is 5.32 Å². The number of thiophene rings is 1. The van der Waals surface area contributed by atoms with E-state index in [-0.39, 0.29) is 10.3 Å². The van der Waals surface area contributed by atoms with Crippen LogP contribution >= 0.6 is 11.3 Å². The van der Waals surface area contributed by atoms with Gasteiger partial charge in [-0.15, -0.1) is 11.3 Å². The summed E-state index contributed by atoms with van der Waals surface area (Å²) in [4.78, 5) is 41.5. The van der Waals surface area contributed by atoms with Gasteiger partial charge in [0.1, 0.15) is 16.7 Å². The average molecular weight is 374 g/mol. The van der Waals surface area contributed by atoms with Crippen molar-refractivity contribution < 1.29 is 14.0 Å². The van der Waals surface area contributed by atoms with E-state index in [0.29, 0.717) is 16.1 Å². The van der Waals surface area contributed by atoms with Gasteiger partial charge < -0.3 is 11.1 Å². The molecule has 0 fully saturated rings. The molecule has 0 aliphatic heterocycles. The summed E-state index contributed by atoms with van der Waals surface area (Å²) >= 11 is 1.04. The Morgan fingerprint density at radius 2 is 1.96 bits per heavy atom. The Morgan fingerprint density at radius 3 is 2.58 bits per heavy atom. The van der Waals surface area contributed by atoms with Crippen LogP contribution in [0, 0.1) is 12.7 Å². The predicted octanol–water partition coefficient (Wildman–Crippen LogP) is 2.20. The lowest BCUT2D eigenvalue weighted by Crippen LogP contribution is -2.31. The van der Waals surface area contributed by atoms with Crippen LogP contribution in [0.15, 0.2) is 35.4 Å². The number of carbonyl (C=O) groups is 2. The number of aromatic nitrogens is 2. The largest absolute Gasteiger partial charge is 0.365 e. The zero-order valence-electron chi connectivity index (χ0n) is 13.9. The van der Waals surface area contributed by atoms with Crippen LogP contribution in [-0.2, 0) is 4.79 Å². The van der Waals surface area contributed by atoms with Crippen LogP contribution in [0.4, 0.5) is 10.1 Å². The molecule has 0 bridgehead atoms. The number of halogens is 1. The zero-order chi connectivity index (χ0) is 19.0.